The Bertz CT molecular complexity index is 784. The molecule has 2 amide bonds. The molecule has 6 nitrogen and oxygen atoms in total. The number of rotatable bonds is 9. The van der Waals surface area contributed by atoms with Crippen molar-refractivity contribution in [1.82, 2.24) is 14.8 Å². The molecule has 0 aliphatic rings. The van der Waals surface area contributed by atoms with Gasteiger partial charge in [0.2, 0.25) is 12.5 Å². The van der Waals surface area contributed by atoms with Crippen LogP contribution in [0.4, 0.5) is 0 Å². The predicted octanol–water partition coefficient (Wildman–Crippen LogP) is 2.32. The number of pyridine rings is 2. The molecule has 0 fully saturated rings. The van der Waals surface area contributed by atoms with Gasteiger partial charge in [-0.2, -0.15) is 4.57 Å². The molecule has 0 unspecified atom stereocenters. The molecule has 0 saturated carbocycles. The largest absolute Gasteiger partial charge is 0.343 e. The lowest BCUT2D eigenvalue weighted by Gasteiger charge is -2.19. The van der Waals surface area contributed by atoms with Gasteiger partial charge in [0.15, 0.2) is 11.9 Å². The summed E-state index contributed by atoms with van der Waals surface area (Å²) < 4.78 is 1.90. The molecule has 0 spiro atoms. The van der Waals surface area contributed by atoms with Crippen LogP contribution in [0.25, 0.3) is 11.1 Å². The fourth-order valence-electron chi connectivity index (χ4n) is 3.27. The van der Waals surface area contributed by atoms with Crippen LogP contribution in [-0.2, 0) is 22.6 Å². The molecule has 0 aromatic carbocycles. The van der Waals surface area contributed by atoms with E-state index in [-0.39, 0.29) is 24.8 Å². The fraction of sp³-hybridized carbons (Fsp3) is 0.455. The van der Waals surface area contributed by atoms with Gasteiger partial charge in [0.1, 0.15) is 6.42 Å². The number of amides is 2. The van der Waals surface area contributed by atoms with E-state index in [1.54, 1.807) is 17.3 Å². The van der Waals surface area contributed by atoms with Crippen molar-refractivity contribution in [3.8, 4) is 11.1 Å². The van der Waals surface area contributed by atoms with Crippen molar-refractivity contribution in [3.05, 3.63) is 48.5 Å². The van der Waals surface area contributed by atoms with Crippen LogP contribution in [0.3, 0.4) is 0 Å². The summed E-state index contributed by atoms with van der Waals surface area (Å²) in [6.45, 7) is 10.9. The van der Waals surface area contributed by atoms with Crippen LogP contribution in [0.1, 0.15) is 33.4 Å². The van der Waals surface area contributed by atoms with E-state index < -0.39 is 0 Å². The molecule has 6 heteroatoms. The van der Waals surface area contributed by atoms with Crippen LogP contribution in [0.15, 0.2) is 42.9 Å². The maximum atomic E-state index is 12.7. The van der Waals surface area contributed by atoms with E-state index in [4.69, 9.17) is 0 Å². The summed E-state index contributed by atoms with van der Waals surface area (Å²) in [6, 6.07) is 7.87. The topological polar surface area (TPSA) is 57.4 Å². The number of nitrogens with zero attached hydrogens (tertiary/aromatic N) is 4. The molecule has 0 atom stereocenters. The second-order valence-electron chi connectivity index (χ2n) is 6.58. The van der Waals surface area contributed by atoms with Gasteiger partial charge in [0.25, 0.3) is 5.91 Å². The standard InChI is InChI=1S/C22H31N4O2/c1-5-24(6-2)21(27)16-20-15-19(18-9-12-23-13-10-18)11-14-26(20)17-22(28)25(7-3)8-4/h9-15H,5-8,16-17H2,1-4H3/q+1. The molecule has 0 bridgehead atoms. The Kier molecular flexibility index (Phi) is 8.11. The number of aromatic nitrogens is 2. The first-order chi connectivity index (χ1) is 13.5. The quantitative estimate of drug-likeness (QED) is 0.625. The van der Waals surface area contributed by atoms with Crippen LogP contribution in [0.5, 0.6) is 0 Å². The number of likely N-dealkylation sites (N-methyl/N-ethyl adjacent to an activating group) is 2. The fourth-order valence-corrected chi connectivity index (χ4v) is 3.27. The summed E-state index contributed by atoms with van der Waals surface area (Å²) in [4.78, 5) is 33.0. The predicted molar refractivity (Wildman–Crippen MR) is 109 cm³/mol. The van der Waals surface area contributed by atoms with Crippen LogP contribution in [-0.4, -0.2) is 52.8 Å². The summed E-state index contributed by atoms with van der Waals surface area (Å²) in [5, 5.41) is 0. The highest BCUT2D eigenvalue weighted by Gasteiger charge is 2.23. The van der Waals surface area contributed by atoms with Gasteiger partial charge in [-0.05, 0) is 51.0 Å². The Morgan fingerprint density at radius 2 is 1.43 bits per heavy atom. The minimum Gasteiger partial charge on any atom is -0.343 e. The van der Waals surface area contributed by atoms with Gasteiger partial charge in [-0.1, -0.05) is 0 Å². The summed E-state index contributed by atoms with van der Waals surface area (Å²) in [7, 11) is 0. The molecule has 0 aliphatic heterocycles. The molecule has 2 heterocycles. The van der Waals surface area contributed by atoms with E-state index in [1.807, 2.05) is 67.6 Å². The molecule has 2 aromatic rings. The zero-order valence-corrected chi connectivity index (χ0v) is 17.4. The summed E-state index contributed by atoms with van der Waals surface area (Å²) in [5.41, 5.74) is 2.89. The molecule has 0 N–H and O–H groups in total. The Labute approximate surface area is 167 Å². The zero-order chi connectivity index (χ0) is 20.5. The van der Waals surface area contributed by atoms with Crippen LogP contribution in [0, 0.1) is 0 Å². The Balaban J connectivity index is 2.37. The van der Waals surface area contributed by atoms with Crippen molar-refractivity contribution < 1.29 is 14.2 Å². The maximum absolute atomic E-state index is 12.7. The van der Waals surface area contributed by atoms with Gasteiger partial charge < -0.3 is 9.80 Å². The van der Waals surface area contributed by atoms with Crippen molar-refractivity contribution in [2.75, 3.05) is 26.2 Å². The lowest BCUT2D eigenvalue weighted by Crippen LogP contribution is -2.48. The van der Waals surface area contributed by atoms with Gasteiger partial charge in [0, 0.05) is 50.7 Å². The van der Waals surface area contributed by atoms with Crippen LogP contribution >= 0.6 is 0 Å². The number of hydrogen-bond donors (Lipinski definition) is 0. The second-order valence-corrected chi connectivity index (χ2v) is 6.58. The average molecular weight is 384 g/mol. The maximum Gasteiger partial charge on any atom is 0.288 e. The lowest BCUT2D eigenvalue weighted by atomic mass is 10.1. The third-order valence-corrected chi connectivity index (χ3v) is 5.01. The molecule has 28 heavy (non-hydrogen) atoms. The number of carbonyl (C=O) groups excluding carboxylic acids is 2. The average Bonchev–Trinajstić information content (AvgIpc) is 2.71. The Morgan fingerprint density at radius 1 is 0.857 bits per heavy atom. The highest BCUT2D eigenvalue weighted by Crippen LogP contribution is 2.18. The molecule has 150 valence electrons. The van der Waals surface area contributed by atoms with Gasteiger partial charge in [-0.15, -0.1) is 0 Å². The first-order valence-electron chi connectivity index (χ1n) is 10.0. The van der Waals surface area contributed by atoms with Crippen molar-refractivity contribution in [2.45, 2.75) is 40.7 Å². The second kappa shape index (κ2) is 10.5. The van der Waals surface area contributed by atoms with Crippen LogP contribution in [0.2, 0.25) is 0 Å². The van der Waals surface area contributed by atoms with E-state index >= 15 is 0 Å². The summed E-state index contributed by atoms with van der Waals surface area (Å²) >= 11 is 0. The number of carbonyl (C=O) groups is 2. The molecular weight excluding hydrogens is 352 g/mol. The van der Waals surface area contributed by atoms with Crippen LogP contribution < -0.4 is 4.57 Å². The first-order valence-corrected chi connectivity index (χ1v) is 10.0. The van der Waals surface area contributed by atoms with E-state index in [9.17, 15) is 9.59 Å². The molecule has 0 radical (unpaired) electrons. The van der Waals surface area contributed by atoms with Gasteiger partial charge in [-0.25, -0.2) is 0 Å². The molecule has 2 aromatic heterocycles. The van der Waals surface area contributed by atoms with Crippen molar-refractivity contribution >= 4 is 11.8 Å². The molecule has 0 saturated heterocycles. The molecular formula is C22H31N4O2+. The zero-order valence-electron chi connectivity index (χ0n) is 17.4. The van der Waals surface area contributed by atoms with E-state index in [0.29, 0.717) is 26.2 Å². The SMILES string of the molecule is CCN(CC)C(=O)Cc1cc(-c2ccncc2)cc[n+]1CC(=O)N(CC)CC. The summed E-state index contributed by atoms with van der Waals surface area (Å²) in [6.07, 6.45) is 5.68. The Morgan fingerprint density at radius 3 is 2.00 bits per heavy atom. The van der Waals surface area contributed by atoms with Gasteiger partial charge in [-0.3, -0.25) is 14.6 Å². The van der Waals surface area contributed by atoms with Crippen molar-refractivity contribution in [3.63, 3.8) is 0 Å². The Hall–Kier alpha value is -2.76. The molecule has 0 aliphatic carbocycles. The first kappa shape index (κ1) is 21.5. The van der Waals surface area contributed by atoms with Crippen molar-refractivity contribution in [2.24, 2.45) is 0 Å². The third-order valence-electron chi connectivity index (χ3n) is 5.01. The highest BCUT2D eigenvalue weighted by atomic mass is 16.2. The van der Waals surface area contributed by atoms with Crippen molar-refractivity contribution in [1.29, 1.82) is 0 Å². The minimum atomic E-state index is 0.0585. The minimum absolute atomic E-state index is 0.0585. The summed E-state index contributed by atoms with van der Waals surface area (Å²) in [5.74, 6) is 0.129. The van der Waals surface area contributed by atoms with Gasteiger partial charge in [0.05, 0.1) is 0 Å². The lowest BCUT2D eigenvalue weighted by molar-refractivity contribution is -0.691. The van der Waals surface area contributed by atoms with Gasteiger partial charge >= 0.3 is 0 Å². The van der Waals surface area contributed by atoms with E-state index in [1.165, 1.54) is 0 Å². The normalized spacial score (nSPS) is 10.6. The monoisotopic (exact) mass is 383 g/mol. The van der Waals surface area contributed by atoms with E-state index in [0.717, 1.165) is 16.8 Å². The smallest absolute Gasteiger partial charge is 0.288 e. The molecule has 2 rings (SSSR count). The van der Waals surface area contributed by atoms with E-state index in [2.05, 4.69) is 4.98 Å². The third kappa shape index (κ3) is 5.38. The number of hydrogen-bond acceptors (Lipinski definition) is 3. The highest BCUT2D eigenvalue weighted by molar-refractivity contribution is 5.79.